The van der Waals surface area contributed by atoms with E-state index in [-0.39, 0.29) is 39.1 Å². The Balaban J connectivity index is 0.00000146. The molecule has 2 aromatic heterocycles. The number of nitrogens with zero attached hydrogens (tertiary/aromatic N) is 3. The Hall–Kier alpha value is -2.27. The molecular formula is C22H25N5O2Y-2. The number of carbonyl (C=O) groups is 1. The first-order chi connectivity index (χ1) is 14.0. The van der Waals surface area contributed by atoms with Crippen LogP contribution < -0.4 is 10.5 Å². The van der Waals surface area contributed by atoms with E-state index in [4.69, 9.17) is 15.7 Å². The molecule has 155 valence electrons. The third kappa shape index (κ3) is 6.36. The van der Waals surface area contributed by atoms with Gasteiger partial charge in [-0.3, -0.25) is 11.8 Å². The molecule has 8 heteroatoms. The molecule has 0 saturated carbocycles. The van der Waals surface area contributed by atoms with Crippen molar-refractivity contribution in [3.8, 4) is 17.7 Å². The number of benzene rings is 1. The number of hydrogen-bond donors (Lipinski definition) is 2. The monoisotopic (exact) mass is 480 g/mol. The number of H-pyrrole nitrogens is 1. The number of fused-ring (bicyclic) bond motifs is 1. The molecule has 7 nitrogen and oxygen atoms in total. The van der Waals surface area contributed by atoms with Gasteiger partial charge >= 0.3 is 0 Å². The fourth-order valence-electron chi connectivity index (χ4n) is 2.68. The Morgan fingerprint density at radius 3 is 2.73 bits per heavy atom. The summed E-state index contributed by atoms with van der Waals surface area (Å²) in [6, 6.07) is 11.2. The van der Waals surface area contributed by atoms with Crippen molar-refractivity contribution < 1.29 is 42.2 Å². The quantitative estimate of drug-likeness (QED) is 0.525. The number of nitrogens with two attached hydrogens (primary N) is 1. The van der Waals surface area contributed by atoms with E-state index in [9.17, 15) is 4.79 Å². The molecule has 3 rings (SSSR count). The minimum Gasteiger partial charge on any atom is -0.505 e. The zero-order valence-corrected chi connectivity index (χ0v) is 20.0. The van der Waals surface area contributed by atoms with Crippen LogP contribution in [-0.4, -0.2) is 32.9 Å². The number of hydrogen-bond acceptors (Lipinski definition) is 5. The maximum absolute atomic E-state index is 12.3. The predicted molar refractivity (Wildman–Crippen MR) is 113 cm³/mol. The van der Waals surface area contributed by atoms with Gasteiger partial charge < -0.3 is 27.3 Å². The molecule has 1 radical (unpaired) electrons. The molecule has 0 fully saturated rings. The van der Waals surface area contributed by atoms with Crippen molar-refractivity contribution in [3.05, 3.63) is 68.3 Å². The van der Waals surface area contributed by atoms with Crippen LogP contribution in [0.1, 0.15) is 19.4 Å². The summed E-state index contributed by atoms with van der Waals surface area (Å²) in [7, 11) is 3.57. The van der Waals surface area contributed by atoms with Crippen molar-refractivity contribution in [3.63, 3.8) is 0 Å². The Morgan fingerprint density at radius 1 is 1.37 bits per heavy atom. The van der Waals surface area contributed by atoms with Crippen molar-refractivity contribution in [2.45, 2.75) is 32.4 Å². The molecular weight excluding hydrogens is 455 g/mol. The number of nitriles is 1. The summed E-state index contributed by atoms with van der Waals surface area (Å²) in [6.45, 7) is 7.56. The van der Waals surface area contributed by atoms with Crippen molar-refractivity contribution in [1.29, 1.82) is 5.26 Å². The van der Waals surface area contributed by atoms with Crippen LogP contribution in [-0.2, 0) is 43.9 Å². The number of aromatic amines is 1. The van der Waals surface area contributed by atoms with Gasteiger partial charge in [-0.25, -0.2) is 4.98 Å². The first-order valence-electron chi connectivity index (χ1n) is 9.30. The van der Waals surface area contributed by atoms with Gasteiger partial charge in [-0.2, -0.15) is 5.26 Å². The molecule has 0 aliphatic carbocycles. The Kier molecular flexibility index (Phi) is 10.7. The maximum Gasteiger partial charge on any atom is 0.219 e. The molecule has 0 spiro atoms. The SMILES string of the molecule is CC.[CH2-]C(C#N)N([CH2-])C(=O)[C@@H](N)Cc1c[nH]c2ccc(Oc3ccccn3)cc12.[Y]. The van der Waals surface area contributed by atoms with Gasteiger partial charge in [-0.05, 0) is 42.3 Å². The van der Waals surface area contributed by atoms with Gasteiger partial charge in [0.15, 0.2) is 0 Å². The smallest absolute Gasteiger partial charge is 0.219 e. The number of ether oxygens (including phenoxy) is 1. The number of amides is 1. The molecule has 0 aliphatic rings. The Morgan fingerprint density at radius 2 is 2.10 bits per heavy atom. The minimum atomic E-state index is -0.884. The number of rotatable bonds is 6. The average molecular weight is 480 g/mol. The Labute approximate surface area is 202 Å². The van der Waals surface area contributed by atoms with E-state index in [2.05, 4.69) is 23.9 Å². The molecule has 30 heavy (non-hydrogen) atoms. The first kappa shape index (κ1) is 25.8. The van der Waals surface area contributed by atoms with Crippen LogP contribution in [0.15, 0.2) is 48.8 Å². The number of aromatic nitrogens is 2. The number of carbonyl (C=O) groups excluding carboxylic acids is 1. The fraction of sp³-hybridized carbons (Fsp3) is 0.227. The second-order valence-corrected chi connectivity index (χ2v) is 6.05. The van der Waals surface area contributed by atoms with Gasteiger partial charge in [0.05, 0.1) is 12.1 Å². The molecule has 1 aromatic carbocycles. The van der Waals surface area contributed by atoms with Crippen LogP contribution in [0.2, 0.25) is 0 Å². The van der Waals surface area contributed by atoms with Gasteiger partial charge in [0.1, 0.15) is 5.75 Å². The molecule has 1 amide bonds. The van der Waals surface area contributed by atoms with Gasteiger partial charge in [-0.1, -0.05) is 19.9 Å². The van der Waals surface area contributed by atoms with Crippen molar-refractivity contribution >= 4 is 16.8 Å². The van der Waals surface area contributed by atoms with E-state index in [1.54, 1.807) is 12.3 Å². The maximum atomic E-state index is 12.3. The molecule has 3 aromatic rings. The largest absolute Gasteiger partial charge is 0.505 e. The van der Waals surface area contributed by atoms with E-state index in [0.717, 1.165) is 21.4 Å². The van der Waals surface area contributed by atoms with Crippen LogP contribution in [0.3, 0.4) is 0 Å². The summed E-state index contributed by atoms with van der Waals surface area (Å²) in [4.78, 5) is 20.6. The van der Waals surface area contributed by atoms with E-state index in [0.29, 0.717) is 11.6 Å². The van der Waals surface area contributed by atoms with Crippen LogP contribution >= 0.6 is 0 Å². The average Bonchev–Trinajstić information content (AvgIpc) is 3.16. The summed E-state index contributed by atoms with van der Waals surface area (Å²) in [6.07, 6.45) is 3.75. The molecule has 0 bridgehead atoms. The van der Waals surface area contributed by atoms with Gasteiger partial charge in [-0.15, -0.1) is 0 Å². The van der Waals surface area contributed by atoms with E-state index in [1.807, 2.05) is 56.4 Å². The fourth-order valence-corrected chi connectivity index (χ4v) is 2.68. The van der Waals surface area contributed by atoms with Crippen LogP contribution in [0, 0.1) is 25.3 Å². The zero-order chi connectivity index (χ0) is 21.4. The van der Waals surface area contributed by atoms with E-state index >= 15 is 0 Å². The summed E-state index contributed by atoms with van der Waals surface area (Å²) in [5, 5.41) is 9.77. The van der Waals surface area contributed by atoms with Crippen LogP contribution in [0.25, 0.3) is 10.9 Å². The van der Waals surface area contributed by atoms with Gasteiger partial charge in [0, 0.05) is 62.1 Å². The summed E-state index contributed by atoms with van der Waals surface area (Å²) in [5.41, 5.74) is 7.79. The minimum absolute atomic E-state index is 0. The van der Waals surface area contributed by atoms with Crippen molar-refractivity contribution in [2.24, 2.45) is 5.73 Å². The standard InChI is InChI=1S/C20H19N5O2.C2H6.Y/c1-13(11-21)25(2)20(26)17(22)9-14-12-24-18-7-6-15(10-16(14)18)27-19-5-3-4-8-23-19;1-2;/h3-8,10,12-13,17,24H,1-2,9,22H2;1-2H3;/q-2;;/t13?,17-;;/m0../s1. The first-order valence-corrected chi connectivity index (χ1v) is 9.30. The van der Waals surface area contributed by atoms with Crippen molar-refractivity contribution in [2.75, 3.05) is 0 Å². The van der Waals surface area contributed by atoms with Crippen molar-refractivity contribution in [1.82, 2.24) is 14.9 Å². The van der Waals surface area contributed by atoms with E-state index < -0.39 is 18.0 Å². The van der Waals surface area contributed by atoms with Crippen LogP contribution in [0.4, 0.5) is 0 Å². The zero-order valence-electron chi connectivity index (χ0n) is 17.2. The third-order valence-electron chi connectivity index (χ3n) is 4.16. The number of pyridine rings is 1. The summed E-state index contributed by atoms with van der Waals surface area (Å²) < 4.78 is 5.76. The van der Waals surface area contributed by atoms with E-state index in [1.165, 1.54) is 0 Å². The number of nitrogens with one attached hydrogen (secondary N) is 1. The Bertz CT molecular complexity index is 984. The molecule has 0 saturated heterocycles. The second kappa shape index (κ2) is 12.4. The molecule has 0 aliphatic heterocycles. The molecule has 1 unspecified atom stereocenters. The van der Waals surface area contributed by atoms with Gasteiger partial charge in [0.25, 0.3) is 0 Å². The topological polar surface area (TPSA) is 108 Å². The normalized spacial score (nSPS) is 11.9. The third-order valence-corrected chi connectivity index (χ3v) is 4.16. The summed E-state index contributed by atoms with van der Waals surface area (Å²) in [5.74, 6) is 0.682. The molecule has 2 heterocycles. The van der Waals surface area contributed by atoms with Crippen LogP contribution in [0.5, 0.6) is 11.6 Å². The summed E-state index contributed by atoms with van der Waals surface area (Å²) >= 11 is 0. The second-order valence-electron chi connectivity index (χ2n) is 6.05. The molecule has 3 N–H and O–H groups in total. The van der Waals surface area contributed by atoms with Gasteiger partial charge in [0.2, 0.25) is 11.8 Å². The molecule has 2 atom stereocenters. The predicted octanol–water partition coefficient (Wildman–Crippen LogP) is 3.60.